The second kappa shape index (κ2) is 7.13. The maximum atomic E-state index is 12.2. The highest BCUT2D eigenvalue weighted by molar-refractivity contribution is 7.89. The van der Waals surface area contributed by atoms with Crippen LogP contribution < -0.4 is 10.0 Å². The Balaban J connectivity index is 1.99. The van der Waals surface area contributed by atoms with Crippen molar-refractivity contribution in [2.45, 2.75) is 37.9 Å². The van der Waals surface area contributed by atoms with E-state index >= 15 is 0 Å². The van der Waals surface area contributed by atoms with Gasteiger partial charge in [-0.3, -0.25) is 0 Å². The number of aromatic nitrogens is 1. The first kappa shape index (κ1) is 16.1. The van der Waals surface area contributed by atoms with E-state index in [4.69, 9.17) is 0 Å². The molecule has 0 aliphatic carbocycles. The summed E-state index contributed by atoms with van der Waals surface area (Å²) < 4.78 is 26.9. The molecule has 114 valence electrons. The van der Waals surface area contributed by atoms with E-state index in [0.717, 1.165) is 17.8 Å². The van der Waals surface area contributed by atoms with Crippen LogP contribution in [0.5, 0.6) is 0 Å². The van der Waals surface area contributed by atoms with Crippen molar-refractivity contribution in [1.82, 2.24) is 15.0 Å². The Labute approximate surface area is 129 Å². The average molecular weight is 325 g/mol. The summed E-state index contributed by atoms with van der Waals surface area (Å²) in [6, 6.07) is 7.30. The zero-order chi connectivity index (χ0) is 15.3. The molecule has 0 fully saturated rings. The molecule has 5 nitrogen and oxygen atoms in total. The monoisotopic (exact) mass is 325 g/mol. The zero-order valence-corrected chi connectivity index (χ0v) is 13.7. The highest BCUT2D eigenvalue weighted by Crippen LogP contribution is 2.11. The lowest BCUT2D eigenvalue weighted by Gasteiger charge is -2.09. The number of hydrogen-bond donors (Lipinski definition) is 2. The summed E-state index contributed by atoms with van der Waals surface area (Å²) in [6.45, 7) is 5.08. The van der Waals surface area contributed by atoms with Crippen LogP contribution in [0.4, 0.5) is 0 Å². The fourth-order valence-corrected chi connectivity index (χ4v) is 3.24. The van der Waals surface area contributed by atoms with Crippen molar-refractivity contribution in [3.8, 4) is 0 Å². The van der Waals surface area contributed by atoms with Crippen molar-refractivity contribution in [2.24, 2.45) is 0 Å². The minimum atomic E-state index is -3.49. The van der Waals surface area contributed by atoms with Crippen molar-refractivity contribution >= 4 is 21.4 Å². The van der Waals surface area contributed by atoms with Gasteiger partial charge in [0, 0.05) is 18.0 Å². The van der Waals surface area contributed by atoms with Crippen molar-refractivity contribution in [3.63, 3.8) is 0 Å². The molecule has 0 atom stereocenters. The summed E-state index contributed by atoms with van der Waals surface area (Å²) in [5.74, 6) is 0. The van der Waals surface area contributed by atoms with Crippen molar-refractivity contribution < 1.29 is 8.42 Å². The van der Waals surface area contributed by atoms with Crippen LogP contribution in [-0.4, -0.2) is 19.4 Å². The van der Waals surface area contributed by atoms with Gasteiger partial charge < -0.3 is 5.32 Å². The molecule has 0 saturated heterocycles. The Morgan fingerprint density at radius 1 is 1.19 bits per heavy atom. The van der Waals surface area contributed by atoms with E-state index in [-0.39, 0.29) is 11.4 Å². The van der Waals surface area contributed by atoms with E-state index in [1.54, 1.807) is 17.6 Å². The van der Waals surface area contributed by atoms with Crippen LogP contribution in [0, 0.1) is 0 Å². The molecular weight excluding hydrogens is 306 g/mol. The van der Waals surface area contributed by atoms with E-state index in [9.17, 15) is 8.42 Å². The van der Waals surface area contributed by atoms with Gasteiger partial charge in [0.05, 0.1) is 22.6 Å². The number of hydrogen-bond acceptors (Lipinski definition) is 5. The van der Waals surface area contributed by atoms with E-state index in [0.29, 0.717) is 6.04 Å². The van der Waals surface area contributed by atoms with E-state index in [2.05, 4.69) is 28.9 Å². The molecule has 21 heavy (non-hydrogen) atoms. The normalized spacial score (nSPS) is 12.0. The maximum absolute atomic E-state index is 12.2. The molecule has 0 amide bonds. The summed E-state index contributed by atoms with van der Waals surface area (Å²) in [5.41, 5.74) is 3.46. The molecule has 0 unspecified atom stereocenters. The van der Waals surface area contributed by atoms with Gasteiger partial charge in [-0.05, 0) is 17.7 Å². The molecule has 1 heterocycles. The third-order valence-corrected chi connectivity index (χ3v) is 4.93. The largest absolute Gasteiger partial charge is 0.310 e. The Morgan fingerprint density at radius 2 is 1.90 bits per heavy atom. The fraction of sp³-hybridized carbons (Fsp3) is 0.357. The smallest absolute Gasteiger partial charge is 0.240 e. The number of nitrogens with zero attached hydrogens (tertiary/aromatic N) is 1. The highest BCUT2D eigenvalue weighted by Gasteiger charge is 2.13. The van der Waals surface area contributed by atoms with Crippen molar-refractivity contribution in [1.29, 1.82) is 0 Å². The molecule has 1 aromatic heterocycles. The second-order valence-corrected chi connectivity index (χ2v) is 7.47. The molecule has 0 aliphatic heterocycles. The van der Waals surface area contributed by atoms with Crippen LogP contribution in [0.25, 0.3) is 0 Å². The quantitative estimate of drug-likeness (QED) is 0.818. The van der Waals surface area contributed by atoms with E-state index < -0.39 is 10.0 Å². The van der Waals surface area contributed by atoms with Crippen LogP contribution in [-0.2, 0) is 23.1 Å². The topological polar surface area (TPSA) is 71.1 Å². The third kappa shape index (κ3) is 4.89. The van der Waals surface area contributed by atoms with Crippen molar-refractivity contribution in [2.75, 3.05) is 0 Å². The summed E-state index contributed by atoms with van der Waals surface area (Å²) in [4.78, 5) is 4.32. The molecule has 0 bridgehead atoms. The van der Waals surface area contributed by atoms with Crippen LogP contribution in [0.1, 0.15) is 25.1 Å². The van der Waals surface area contributed by atoms with E-state index in [1.807, 2.05) is 17.5 Å². The predicted molar refractivity (Wildman–Crippen MR) is 84.6 cm³/mol. The van der Waals surface area contributed by atoms with Gasteiger partial charge in [0.1, 0.15) is 0 Å². The molecule has 2 N–H and O–H groups in total. The van der Waals surface area contributed by atoms with Gasteiger partial charge in [-0.25, -0.2) is 18.1 Å². The van der Waals surface area contributed by atoms with Gasteiger partial charge >= 0.3 is 0 Å². The number of benzene rings is 1. The lowest BCUT2D eigenvalue weighted by molar-refractivity contribution is 0.579. The second-order valence-electron chi connectivity index (χ2n) is 4.98. The van der Waals surface area contributed by atoms with Gasteiger partial charge in [-0.1, -0.05) is 26.0 Å². The van der Waals surface area contributed by atoms with Gasteiger partial charge in [-0.15, -0.1) is 11.3 Å². The van der Waals surface area contributed by atoms with Crippen LogP contribution in [0.3, 0.4) is 0 Å². The van der Waals surface area contributed by atoms with Crippen LogP contribution in [0.15, 0.2) is 40.1 Å². The summed E-state index contributed by atoms with van der Waals surface area (Å²) in [6.07, 6.45) is 0. The Hall–Kier alpha value is -1.28. The summed E-state index contributed by atoms with van der Waals surface area (Å²) in [5, 5.41) is 5.11. The third-order valence-electron chi connectivity index (χ3n) is 2.87. The Bertz CT molecular complexity index is 650. The number of rotatable bonds is 7. The maximum Gasteiger partial charge on any atom is 0.240 e. The first-order valence-corrected chi connectivity index (χ1v) is 9.09. The standard InChI is InChI=1S/C14H19N3O2S2/c1-11(2)15-7-12-3-5-14(6-4-12)21(18,19)17-8-13-9-20-10-16-13/h3-6,9-11,15,17H,7-8H2,1-2H3. The molecule has 0 spiro atoms. The predicted octanol–water partition coefficient (Wildman–Crippen LogP) is 2.12. The molecule has 7 heteroatoms. The molecule has 2 aromatic rings. The first-order valence-electron chi connectivity index (χ1n) is 6.66. The minimum Gasteiger partial charge on any atom is -0.310 e. The summed E-state index contributed by atoms with van der Waals surface area (Å²) >= 11 is 1.44. The lowest BCUT2D eigenvalue weighted by atomic mass is 10.2. The van der Waals surface area contributed by atoms with Crippen LogP contribution >= 0.6 is 11.3 Å². The number of sulfonamides is 1. The lowest BCUT2D eigenvalue weighted by Crippen LogP contribution is -2.24. The minimum absolute atomic E-state index is 0.211. The zero-order valence-electron chi connectivity index (χ0n) is 12.0. The Kier molecular flexibility index (Phi) is 5.46. The first-order chi connectivity index (χ1) is 9.97. The van der Waals surface area contributed by atoms with Gasteiger partial charge in [-0.2, -0.15) is 0 Å². The van der Waals surface area contributed by atoms with E-state index in [1.165, 1.54) is 11.3 Å². The molecule has 0 saturated carbocycles. The number of thiazole rings is 1. The highest BCUT2D eigenvalue weighted by atomic mass is 32.2. The molecule has 1 aromatic carbocycles. The fourth-order valence-electron chi connectivity index (χ4n) is 1.69. The SMILES string of the molecule is CC(C)NCc1ccc(S(=O)(=O)NCc2cscn2)cc1. The van der Waals surface area contributed by atoms with Crippen LogP contribution in [0.2, 0.25) is 0 Å². The van der Waals surface area contributed by atoms with Crippen molar-refractivity contribution in [3.05, 3.63) is 46.4 Å². The molecular formula is C14H19N3O2S2. The van der Waals surface area contributed by atoms with Gasteiger partial charge in [0.2, 0.25) is 10.0 Å². The Morgan fingerprint density at radius 3 is 2.48 bits per heavy atom. The number of nitrogens with one attached hydrogen (secondary N) is 2. The molecule has 2 rings (SSSR count). The van der Waals surface area contributed by atoms with Gasteiger partial charge in [0.25, 0.3) is 0 Å². The average Bonchev–Trinajstić information content (AvgIpc) is 2.97. The molecule has 0 radical (unpaired) electrons. The molecule has 0 aliphatic rings. The van der Waals surface area contributed by atoms with Gasteiger partial charge in [0.15, 0.2) is 0 Å². The summed E-state index contributed by atoms with van der Waals surface area (Å²) in [7, 11) is -3.49.